The van der Waals surface area contributed by atoms with Gasteiger partial charge >= 0.3 is 12.1 Å². The van der Waals surface area contributed by atoms with Gasteiger partial charge in [-0.3, -0.25) is 4.79 Å². The van der Waals surface area contributed by atoms with Gasteiger partial charge in [0.1, 0.15) is 5.75 Å². The second-order valence-electron chi connectivity index (χ2n) is 3.37. The lowest BCUT2D eigenvalue weighted by Crippen LogP contribution is -2.21. The highest BCUT2D eigenvalue weighted by atomic mass is 32.2. The topological polar surface area (TPSA) is 47.9 Å². The summed E-state index contributed by atoms with van der Waals surface area (Å²) in [6.07, 6.45) is -4.77. The third kappa shape index (κ3) is 5.12. The Hall–Kier alpha value is -1.70. The molecule has 0 saturated carbocycles. The summed E-state index contributed by atoms with van der Waals surface area (Å²) in [6.45, 7) is 0. The van der Waals surface area contributed by atoms with Crippen molar-refractivity contribution >= 4 is 28.5 Å². The molecule has 0 aliphatic rings. The van der Waals surface area contributed by atoms with Crippen LogP contribution in [0.2, 0.25) is 0 Å². The lowest BCUT2D eigenvalue weighted by atomic mass is 10.3. The SMILES string of the molecule is [2H]C(SC(=Nc1ccc(OC)cc1)C(F)(F)F)C(=O)OC. The molecule has 110 valence electrons. The number of aliphatic imine (C=N–C) groups is 1. The Morgan fingerprint density at radius 2 is 1.95 bits per heavy atom. The van der Waals surface area contributed by atoms with Gasteiger partial charge in [0.15, 0.2) is 5.04 Å². The number of carbonyl (C=O) groups excluding carboxylic acids is 1. The first-order valence-corrected chi connectivity index (χ1v) is 6.12. The molecule has 1 atom stereocenters. The predicted octanol–water partition coefficient (Wildman–Crippen LogP) is 3.19. The lowest BCUT2D eigenvalue weighted by Gasteiger charge is -2.09. The maximum atomic E-state index is 12.9. The number of ether oxygens (including phenoxy) is 2. The Kier molecular flexibility index (Phi) is 5.28. The van der Waals surface area contributed by atoms with E-state index in [0.717, 1.165) is 7.11 Å². The highest BCUT2D eigenvalue weighted by Crippen LogP contribution is 2.29. The minimum Gasteiger partial charge on any atom is -0.497 e. The van der Waals surface area contributed by atoms with Crippen molar-refractivity contribution in [3.05, 3.63) is 24.3 Å². The molecule has 1 unspecified atom stereocenters. The fourth-order valence-corrected chi connectivity index (χ4v) is 1.68. The van der Waals surface area contributed by atoms with E-state index in [0.29, 0.717) is 5.75 Å². The van der Waals surface area contributed by atoms with Crippen LogP contribution in [0, 0.1) is 0 Å². The number of alkyl halides is 3. The van der Waals surface area contributed by atoms with E-state index in [1.165, 1.54) is 31.4 Å². The van der Waals surface area contributed by atoms with Crippen molar-refractivity contribution in [2.75, 3.05) is 19.9 Å². The Balaban J connectivity index is 3.01. The second kappa shape index (κ2) is 7.18. The quantitative estimate of drug-likeness (QED) is 0.487. The predicted molar refractivity (Wildman–Crippen MR) is 70.6 cm³/mol. The third-order valence-electron chi connectivity index (χ3n) is 2.01. The average Bonchev–Trinajstić information content (AvgIpc) is 2.45. The molecule has 0 aromatic heterocycles. The van der Waals surface area contributed by atoms with E-state index in [2.05, 4.69) is 9.73 Å². The summed E-state index contributed by atoms with van der Waals surface area (Å²) in [5, 5.41) is -1.29. The van der Waals surface area contributed by atoms with E-state index >= 15 is 0 Å². The van der Waals surface area contributed by atoms with Gasteiger partial charge in [-0.05, 0) is 24.3 Å². The van der Waals surface area contributed by atoms with Crippen LogP contribution >= 0.6 is 11.8 Å². The average molecular weight is 308 g/mol. The van der Waals surface area contributed by atoms with Crippen molar-refractivity contribution in [1.29, 1.82) is 0 Å². The smallest absolute Gasteiger partial charge is 0.439 e. The number of nitrogens with zero attached hydrogens (tertiary/aromatic N) is 1. The number of rotatable bonds is 4. The highest BCUT2D eigenvalue weighted by Gasteiger charge is 2.36. The van der Waals surface area contributed by atoms with Crippen molar-refractivity contribution < 1.29 is 28.8 Å². The number of carbonyl (C=O) groups is 1. The third-order valence-corrected chi connectivity index (χ3v) is 2.87. The van der Waals surface area contributed by atoms with E-state index in [1.807, 2.05) is 0 Å². The van der Waals surface area contributed by atoms with Gasteiger partial charge in [0.2, 0.25) is 0 Å². The number of hydrogen-bond acceptors (Lipinski definition) is 5. The molecule has 0 spiro atoms. The summed E-state index contributed by atoms with van der Waals surface area (Å²) in [5.74, 6) is -0.602. The van der Waals surface area contributed by atoms with Crippen LogP contribution in [0.3, 0.4) is 0 Å². The molecule has 0 saturated heterocycles. The molecular formula is C12H12F3NO3S. The van der Waals surface area contributed by atoms with Crippen LogP contribution in [0.15, 0.2) is 29.3 Å². The summed E-state index contributed by atoms with van der Waals surface area (Å²) >= 11 is -0.0250. The van der Waals surface area contributed by atoms with E-state index in [9.17, 15) is 18.0 Å². The molecule has 4 nitrogen and oxygen atoms in total. The van der Waals surface area contributed by atoms with Crippen molar-refractivity contribution in [3.8, 4) is 5.75 Å². The van der Waals surface area contributed by atoms with Crippen molar-refractivity contribution in [1.82, 2.24) is 0 Å². The monoisotopic (exact) mass is 308 g/mol. The molecule has 1 aromatic rings. The number of methoxy groups -OCH3 is 2. The fourth-order valence-electron chi connectivity index (χ4n) is 1.08. The van der Waals surface area contributed by atoms with Crippen LogP contribution < -0.4 is 4.74 Å². The van der Waals surface area contributed by atoms with Gasteiger partial charge in [-0.2, -0.15) is 13.2 Å². The standard InChI is InChI=1S/C12H12F3NO3S/c1-18-9-5-3-8(4-6-9)16-11(12(13,14)15)20-7-10(17)19-2/h3-6H,7H2,1-2H3/i7D. The second-order valence-corrected chi connectivity index (χ2v) is 4.23. The van der Waals surface area contributed by atoms with Gasteiger partial charge in [0, 0.05) is 0 Å². The Morgan fingerprint density at radius 3 is 2.40 bits per heavy atom. The molecule has 8 heteroatoms. The first-order chi connectivity index (χ1) is 9.77. The van der Waals surface area contributed by atoms with Crippen LogP contribution in [0.1, 0.15) is 1.37 Å². The maximum absolute atomic E-state index is 12.9. The molecule has 1 aromatic carbocycles. The molecule has 0 fully saturated rings. The zero-order chi connectivity index (χ0) is 16.0. The van der Waals surface area contributed by atoms with Crippen LogP contribution in [-0.2, 0) is 9.53 Å². The molecular weight excluding hydrogens is 295 g/mol. The number of halogens is 3. The highest BCUT2D eigenvalue weighted by molar-refractivity contribution is 8.14. The zero-order valence-electron chi connectivity index (χ0n) is 11.6. The van der Waals surface area contributed by atoms with E-state index < -0.39 is 22.9 Å². The number of esters is 1. The zero-order valence-corrected chi connectivity index (χ0v) is 11.4. The van der Waals surface area contributed by atoms with Crippen LogP contribution in [-0.4, -0.2) is 37.1 Å². The fraction of sp³-hybridized carbons (Fsp3) is 0.333. The van der Waals surface area contributed by atoms with Gasteiger partial charge in [0.25, 0.3) is 0 Å². The van der Waals surface area contributed by atoms with Crippen molar-refractivity contribution in [2.45, 2.75) is 6.18 Å². The lowest BCUT2D eigenvalue weighted by molar-refractivity contribution is -0.137. The summed E-state index contributed by atoms with van der Waals surface area (Å²) < 4.78 is 55.0. The molecule has 0 bridgehead atoms. The Bertz CT molecular complexity index is 519. The largest absolute Gasteiger partial charge is 0.497 e. The van der Waals surface area contributed by atoms with Crippen LogP contribution in [0.4, 0.5) is 18.9 Å². The van der Waals surface area contributed by atoms with Crippen LogP contribution in [0.25, 0.3) is 0 Å². The molecule has 0 aliphatic heterocycles. The molecule has 0 amide bonds. The first-order valence-electron chi connectivity index (χ1n) is 5.82. The summed E-state index contributed by atoms with van der Waals surface area (Å²) in [6, 6.07) is 5.58. The molecule has 0 N–H and O–H groups in total. The minimum atomic E-state index is -4.77. The first kappa shape index (κ1) is 14.7. The number of thioether (sulfide) groups is 1. The van der Waals surface area contributed by atoms with Crippen LogP contribution in [0.5, 0.6) is 5.75 Å². The summed E-state index contributed by atoms with van der Waals surface area (Å²) in [5.41, 5.74) is -1.72. The van der Waals surface area contributed by atoms with Crippen molar-refractivity contribution in [2.24, 2.45) is 4.99 Å². The van der Waals surface area contributed by atoms with Gasteiger partial charge in [-0.1, -0.05) is 11.8 Å². The Labute approximate surface area is 119 Å². The molecule has 1 rings (SSSR count). The van der Waals surface area contributed by atoms with E-state index in [-0.39, 0.29) is 17.4 Å². The minimum absolute atomic E-state index is 0.0250. The summed E-state index contributed by atoms with van der Waals surface area (Å²) in [7, 11) is 2.43. The summed E-state index contributed by atoms with van der Waals surface area (Å²) in [4.78, 5) is 14.5. The normalized spacial score (nSPS) is 14.4. The molecule has 0 radical (unpaired) electrons. The maximum Gasteiger partial charge on any atom is 0.439 e. The Morgan fingerprint density at radius 1 is 1.35 bits per heavy atom. The van der Waals surface area contributed by atoms with Crippen molar-refractivity contribution in [3.63, 3.8) is 0 Å². The van der Waals surface area contributed by atoms with E-state index in [4.69, 9.17) is 6.11 Å². The molecule has 0 aliphatic carbocycles. The number of hydrogen-bond donors (Lipinski definition) is 0. The molecule has 20 heavy (non-hydrogen) atoms. The van der Waals surface area contributed by atoms with Gasteiger partial charge in [-0.15, -0.1) is 0 Å². The number of benzene rings is 1. The van der Waals surface area contributed by atoms with Gasteiger partial charge in [-0.25, -0.2) is 4.99 Å². The van der Waals surface area contributed by atoms with Gasteiger partial charge in [0.05, 0.1) is 27.0 Å². The molecule has 0 heterocycles. The van der Waals surface area contributed by atoms with E-state index in [1.54, 1.807) is 0 Å². The van der Waals surface area contributed by atoms with Gasteiger partial charge < -0.3 is 9.47 Å².